The highest BCUT2D eigenvalue weighted by atomic mass is 16.3. The zero-order valence-corrected chi connectivity index (χ0v) is 11.2. The summed E-state index contributed by atoms with van der Waals surface area (Å²) in [5, 5.41) is 9.48. The number of hydrogen-bond acceptors (Lipinski definition) is 3. The van der Waals surface area contributed by atoms with Crippen molar-refractivity contribution >= 4 is 0 Å². The Bertz CT molecular complexity index is 210. The van der Waals surface area contributed by atoms with Gasteiger partial charge in [-0.25, -0.2) is 0 Å². The number of aliphatic hydroxyl groups is 1. The molecule has 3 N–H and O–H groups in total. The second-order valence-electron chi connectivity index (χ2n) is 6.24. The number of nitrogens with two attached hydrogens (primary N) is 1. The number of nitrogens with zero attached hydrogens (tertiary/aromatic N) is 1. The minimum absolute atomic E-state index is 0.146. The van der Waals surface area contributed by atoms with Crippen molar-refractivity contribution in [1.29, 1.82) is 0 Å². The fraction of sp³-hybridized carbons (Fsp3) is 1.00. The van der Waals surface area contributed by atoms with Crippen LogP contribution in [0.2, 0.25) is 0 Å². The summed E-state index contributed by atoms with van der Waals surface area (Å²) in [5.41, 5.74) is 6.31. The molecule has 0 amide bonds. The molecule has 0 aromatic rings. The van der Waals surface area contributed by atoms with Crippen molar-refractivity contribution < 1.29 is 5.11 Å². The summed E-state index contributed by atoms with van der Waals surface area (Å²) >= 11 is 0. The lowest BCUT2D eigenvalue weighted by Gasteiger charge is -2.48. The molecule has 3 heteroatoms. The molecule has 1 heterocycles. The van der Waals surface area contributed by atoms with Crippen LogP contribution >= 0.6 is 0 Å². The van der Waals surface area contributed by atoms with Crippen molar-refractivity contribution in [2.24, 2.45) is 11.1 Å². The molecule has 3 nitrogen and oxygen atoms in total. The molecule has 0 bridgehead atoms. The lowest BCUT2D eigenvalue weighted by atomic mass is 9.80. The molecule has 16 heavy (non-hydrogen) atoms. The lowest BCUT2D eigenvalue weighted by Crippen LogP contribution is -2.59. The summed E-state index contributed by atoms with van der Waals surface area (Å²) in [5.74, 6) is 0. The quantitative estimate of drug-likeness (QED) is 0.771. The Hall–Kier alpha value is -0.120. The van der Waals surface area contributed by atoms with Crippen LogP contribution in [0.15, 0.2) is 0 Å². The van der Waals surface area contributed by atoms with Crippen molar-refractivity contribution in [2.45, 2.75) is 65.1 Å². The average Bonchev–Trinajstić information content (AvgIpc) is 2.15. The van der Waals surface area contributed by atoms with E-state index in [0.29, 0.717) is 12.1 Å². The van der Waals surface area contributed by atoms with Crippen molar-refractivity contribution in [1.82, 2.24) is 4.90 Å². The van der Waals surface area contributed by atoms with Gasteiger partial charge in [0.2, 0.25) is 0 Å². The maximum Gasteiger partial charge on any atom is 0.0587 e. The van der Waals surface area contributed by atoms with Gasteiger partial charge >= 0.3 is 0 Å². The van der Waals surface area contributed by atoms with Gasteiger partial charge in [0.05, 0.1) is 6.61 Å². The summed E-state index contributed by atoms with van der Waals surface area (Å²) in [6, 6.07) is 0.807. The Kier molecular flexibility index (Phi) is 4.77. The van der Waals surface area contributed by atoms with Gasteiger partial charge in [0.25, 0.3) is 0 Å². The molecule has 0 saturated carbocycles. The fourth-order valence-electron chi connectivity index (χ4n) is 3.17. The van der Waals surface area contributed by atoms with Crippen molar-refractivity contribution in [3.8, 4) is 0 Å². The van der Waals surface area contributed by atoms with Gasteiger partial charge in [-0.05, 0) is 31.7 Å². The molecule has 1 aliphatic heterocycles. The Morgan fingerprint density at radius 2 is 2.00 bits per heavy atom. The van der Waals surface area contributed by atoms with Crippen LogP contribution in [0.5, 0.6) is 0 Å². The average molecular weight is 228 g/mol. The molecule has 1 rings (SSSR count). The number of rotatable bonds is 3. The summed E-state index contributed by atoms with van der Waals surface area (Å²) in [6.07, 6.45) is 3.57. The molecule has 0 radical (unpaired) electrons. The predicted molar refractivity (Wildman–Crippen MR) is 68.3 cm³/mol. The minimum Gasteiger partial charge on any atom is -0.395 e. The van der Waals surface area contributed by atoms with Crippen molar-refractivity contribution in [3.05, 3.63) is 0 Å². The van der Waals surface area contributed by atoms with Gasteiger partial charge in [-0.2, -0.15) is 0 Å². The molecule has 96 valence electrons. The van der Waals surface area contributed by atoms with E-state index in [1.165, 1.54) is 12.8 Å². The van der Waals surface area contributed by atoms with Gasteiger partial charge in [-0.15, -0.1) is 0 Å². The van der Waals surface area contributed by atoms with Crippen molar-refractivity contribution in [3.63, 3.8) is 0 Å². The Labute approximate surface area is 100 Å². The zero-order valence-electron chi connectivity index (χ0n) is 11.2. The number of hydrogen-bond donors (Lipinski definition) is 2. The van der Waals surface area contributed by atoms with Gasteiger partial charge in [0, 0.05) is 18.1 Å². The molecule has 0 aromatic heterocycles. The van der Waals surface area contributed by atoms with Crippen LogP contribution in [0.3, 0.4) is 0 Å². The van der Waals surface area contributed by atoms with Gasteiger partial charge in [-0.3, -0.25) is 4.90 Å². The Morgan fingerprint density at radius 3 is 2.44 bits per heavy atom. The maximum absolute atomic E-state index is 9.48. The SMILES string of the molecule is CC(N)C(N1CCCCC1CO)C(C)(C)C. The van der Waals surface area contributed by atoms with Crippen LogP contribution in [-0.2, 0) is 0 Å². The first-order chi connectivity index (χ1) is 7.38. The summed E-state index contributed by atoms with van der Waals surface area (Å²) < 4.78 is 0. The molecule has 0 aromatic carbocycles. The van der Waals surface area contributed by atoms with Gasteiger partial charge in [0.15, 0.2) is 0 Å². The van der Waals surface area contributed by atoms with Gasteiger partial charge in [-0.1, -0.05) is 27.2 Å². The first-order valence-electron chi connectivity index (χ1n) is 6.50. The van der Waals surface area contributed by atoms with Gasteiger partial charge in [0.1, 0.15) is 0 Å². The van der Waals surface area contributed by atoms with Crippen molar-refractivity contribution in [2.75, 3.05) is 13.2 Å². The number of likely N-dealkylation sites (tertiary alicyclic amines) is 1. The van der Waals surface area contributed by atoms with Crippen LogP contribution < -0.4 is 5.73 Å². The number of piperidine rings is 1. The smallest absolute Gasteiger partial charge is 0.0587 e. The van der Waals surface area contributed by atoms with E-state index < -0.39 is 0 Å². The van der Waals surface area contributed by atoms with Gasteiger partial charge < -0.3 is 10.8 Å². The third-order valence-electron chi connectivity index (χ3n) is 3.63. The van der Waals surface area contributed by atoms with E-state index in [1.807, 2.05) is 0 Å². The minimum atomic E-state index is 0.146. The monoisotopic (exact) mass is 228 g/mol. The molecule has 0 aliphatic carbocycles. The molecule has 3 atom stereocenters. The highest BCUT2D eigenvalue weighted by Gasteiger charge is 2.37. The standard InChI is InChI=1S/C13H28N2O/c1-10(14)12(13(2,3)4)15-8-6-5-7-11(15)9-16/h10-12,16H,5-9,14H2,1-4H3. The highest BCUT2D eigenvalue weighted by Crippen LogP contribution is 2.31. The molecule has 1 saturated heterocycles. The van der Waals surface area contributed by atoms with E-state index >= 15 is 0 Å². The third kappa shape index (κ3) is 3.19. The first kappa shape index (κ1) is 13.9. The Morgan fingerprint density at radius 1 is 1.38 bits per heavy atom. The molecule has 1 aliphatic rings. The Balaban J connectivity index is 2.83. The highest BCUT2D eigenvalue weighted by molar-refractivity contribution is 4.93. The van der Waals surface area contributed by atoms with Crippen LogP contribution in [0.25, 0.3) is 0 Å². The van der Waals surface area contributed by atoms with E-state index in [9.17, 15) is 5.11 Å². The van der Waals surface area contributed by atoms with E-state index in [1.54, 1.807) is 0 Å². The predicted octanol–water partition coefficient (Wildman–Crippen LogP) is 1.60. The molecule has 1 fully saturated rings. The number of aliphatic hydroxyl groups excluding tert-OH is 1. The van der Waals surface area contributed by atoms with E-state index in [4.69, 9.17) is 5.73 Å². The molecule has 3 unspecified atom stereocenters. The first-order valence-corrected chi connectivity index (χ1v) is 6.50. The summed E-state index contributed by atoms with van der Waals surface area (Å²) in [4.78, 5) is 2.44. The molecular formula is C13H28N2O. The molecular weight excluding hydrogens is 200 g/mol. The fourth-order valence-corrected chi connectivity index (χ4v) is 3.17. The van der Waals surface area contributed by atoms with Crippen LogP contribution in [0.1, 0.15) is 47.0 Å². The zero-order chi connectivity index (χ0) is 12.3. The second kappa shape index (κ2) is 5.48. The van der Waals surface area contributed by atoms with Crippen LogP contribution in [0, 0.1) is 5.41 Å². The van der Waals surface area contributed by atoms with Crippen LogP contribution in [0.4, 0.5) is 0 Å². The topological polar surface area (TPSA) is 49.5 Å². The summed E-state index contributed by atoms with van der Waals surface area (Å²) in [6.45, 7) is 10.1. The van der Waals surface area contributed by atoms with E-state index in [0.717, 1.165) is 13.0 Å². The lowest BCUT2D eigenvalue weighted by molar-refractivity contribution is -0.000493. The largest absolute Gasteiger partial charge is 0.395 e. The third-order valence-corrected chi connectivity index (χ3v) is 3.63. The summed E-state index contributed by atoms with van der Waals surface area (Å²) in [7, 11) is 0. The normalized spacial score (nSPS) is 27.8. The molecule has 0 spiro atoms. The maximum atomic E-state index is 9.48. The van der Waals surface area contributed by atoms with E-state index in [-0.39, 0.29) is 18.1 Å². The van der Waals surface area contributed by atoms with Crippen LogP contribution in [-0.4, -0.2) is 41.3 Å². The second-order valence-corrected chi connectivity index (χ2v) is 6.24. The van der Waals surface area contributed by atoms with E-state index in [2.05, 4.69) is 32.6 Å².